The van der Waals surface area contributed by atoms with Gasteiger partial charge in [0.25, 0.3) is 0 Å². The van der Waals surface area contributed by atoms with Gasteiger partial charge in [-0.15, -0.1) is 11.3 Å². The van der Waals surface area contributed by atoms with E-state index in [1.165, 1.54) is 11.3 Å². The zero-order valence-electron chi connectivity index (χ0n) is 7.87. The maximum atomic E-state index is 10.7. The zero-order chi connectivity index (χ0) is 10.0. The van der Waals surface area contributed by atoms with Crippen LogP contribution in [0.1, 0.15) is 22.3 Å². The van der Waals surface area contributed by atoms with Crippen molar-refractivity contribution in [3.63, 3.8) is 0 Å². The van der Waals surface area contributed by atoms with E-state index in [0.29, 0.717) is 0 Å². The lowest BCUT2D eigenvalue weighted by Gasteiger charge is -2.10. The van der Waals surface area contributed by atoms with Crippen LogP contribution < -0.4 is 4.90 Å². The molecule has 1 aromatic rings. The highest BCUT2D eigenvalue weighted by Crippen LogP contribution is 2.24. The zero-order valence-corrected chi connectivity index (χ0v) is 8.68. The monoisotopic (exact) mass is 200 g/mol. The van der Waals surface area contributed by atoms with Crippen molar-refractivity contribution in [2.24, 2.45) is 0 Å². The molecule has 1 aromatic heterocycles. The van der Waals surface area contributed by atoms with E-state index < -0.39 is 5.97 Å². The predicted octanol–water partition coefficient (Wildman–Crippen LogP) is 1.61. The average Bonchev–Trinajstić information content (AvgIpc) is 2.46. The van der Waals surface area contributed by atoms with Gasteiger partial charge in [0.05, 0.1) is 0 Å². The van der Waals surface area contributed by atoms with Crippen LogP contribution in [0.3, 0.4) is 0 Å². The van der Waals surface area contributed by atoms with Crippen LogP contribution in [0.5, 0.6) is 0 Å². The number of aryl methyl sites for hydroxylation is 1. The van der Waals surface area contributed by atoms with Crippen LogP contribution in [-0.4, -0.2) is 29.7 Å². The summed E-state index contributed by atoms with van der Waals surface area (Å²) >= 11 is 1.41. The molecule has 4 nitrogen and oxygen atoms in total. The lowest BCUT2D eigenvalue weighted by atomic mass is 10.4. The van der Waals surface area contributed by atoms with Crippen LogP contribution in [0.4, 0.5) is 5.13 Å². The summed E-state index contributed by atoms with van der Waals surface area (Å²) in [6.07, 6.45) is 0. The number of rotatable bonds is 3. The second-order valence-corrected chi connectivity index (χ2v) is 3.90. The molecule has 0 amide bonds. The minimum atomic E-state index is -0.954. The predicted molar refractivity (Wildman–Crippen MR) is 52.8 cm³/mol. The Kier molecular flexibility index (Phi) is 2.87. The molecular weight excluding hydrogens is 188 g/mol. The van der Waals surface area contributed by atoms with Crippen molar-refractivity contribution in [3.05, 3.63) is 10.6 Å². The highest BCUT2D eigenvalue weighted by Gasteiger charge is 2.15. The Morgan fingerprint density at radius 2 is 2.31 bits per heavy atom. The van der Waals surface area contributed by atoms with Gasteiger partial charge in [0.2, 0.25) is 0 Å². The van der Waals surface area contributed by atoms with Crippen LogP contribution in [0, 0.1) is 6.92 Å². The number of hydrogen-bond donors (Lipinski definition) is 1. The van der Waals surface area contributed by atoms with Crippen molar-refractivity contribution < 1.29 is 9.90 Å². The lowest BCUT2D eigenvalue weighted by Crippen LogP contribution is -2.15. The molecule has 13 heavy (non-hydrogen) atoms. The highest BCUT2D eigenvalue weighted by atomic mass is 32.1. The first kappa shape index (κ1) is 9.98. The van der Waals surface area contributed by atoms with Gasteiger partial charge in [0.15, 0.2) is 10.8 Å². The second kappa shape index (κ2) is 3.74. The van der Waals surface area contributed by atoms with Gasteiger partial charge in [-0.2, -0.15) is 0 Å². The number of nitrogens with zero attached hydrogens (tertiary/aromatic N) is 2. The molecule has 0 aliphatic heterocycles. The van der Waals surface area contributed by atoms with Gasteiger partial charge in [0.1, 0.15) is 0 Å². The maximum Gasteiger partial charge on any atom is 0.355 e. The number of anilines is 1. The Balaban J connectivity index is 3.01. The molecule has 1 heterocycles. The van der Waals surface area contributed by atoms with E-state index in [1.807, 2.05) is 18.9 Å². The summed E-state index contributed by atoms with van der Waals surface area (Å²) in [6.45, 7) is 4.59. The Labute approximate surface area is 80.8 Å². The molecule has 0 fully saturated rings. The third kappa shape index (κ3) is 1.98. The quantitative estimate of drug-likeness (QED) is 0.805. The van der Waals surface area contributed by atoms with Crippen molar-refractivity contribution in [2.45, 2.75) is 13.8 Å². The van der Waals surface area contributed by atoms with E-state index in [9.17, 15) is 4.79 Å². The Bertz CT molecular complexity index is 322. The summed E-state index contributed by atoms with van der Waals surface area (Å²) in [4.78, 5) is 17.4. The van der Waals surface area contributed by atoms with E-state index >= 15 is 0 Å². The largest absolute Gasteiger partial charge is 0.476 e. The molecule has 0 saturated heterocycles. The number of hydrogen-bond acceptors (Lipinski definition) is 4. The summed E-state index contributed by atoms with van der Waals surface area (Å²) in [6, 6.07) is 0. The molecule has 5 heteroatoms. The highest BCUT2D eigenvalue weighted by molar-refractivity contribution is 7.15. The van der Waals surface area contributed by atoms with E-state index in [2.05, 4.69) is 4.98 Å². The molecule has 0 bridgehead atoms. The first-order valence-electron chi connectivity index (χ1n) is 3.98. The van der Waals surface area contributed by atoms with Gasteiger partial charge in [-0.3, -0.25) is 0 Å². The molecule has 0 aliphatic carbocycles. The van der Waals surface area contributed by atoms with E-state index in [4.69, 9.17) is 5.11 Å². The van der Waals surface area contributed by atoms with Gasteiger partial charge in [0, 0.05) is 18.5 Å². The first-order valence-corrected chi connectivity index (χ1v) is 4.79. The van der Waals surface area contributed by atoms with Crippen LogP contribution in [0.2, 0.25) is 0 Å². The fraction of sp³-hybridized carbons (Fsp3) is 0.500. The summed E-state index contributed by atoms with van der Waals surface area (Å²) in [5.41, 5.74) is 0.167. The summed E-state index contributed by atoms with van der Waals surface area (Å²) in [7, 11) is 1.89. The summed E-state index contributed by atoms with van der Waals surface area (Å²) < 4.78 is 0. The van der Waals surface area contributed by atoms with Gasteiger partial charge < -0.3 is 10.0 Å². The maximum absolute atomic E-state index is 10.7. The number of thiazole rings is 1. The number of carboxylic acid groups (broad SMARTS) is 1. The Morgan fingerprint density at radius 3 is 2.69 bits per heavy atom. The summed E-state index contributed by atoms with van der Waals surface area (Å²) in [5.74, 6) is -0.954. The molecule has 0 unspecified atom stereocenters. The van der Waals surface area contributed by atoms with Crippen LogP contribution in [-0.2, 0) is 0 Å². The van der Waals surface area contributed by atoms with Crippen LogP contribution >= 0.6 is 11.3 Å². The molecule has 1 N–H and O–H groups in total. The van der Waals surface area contributed by atoms with Crippen molar-refractivity contribution in [2.75, 3.05) is 18.5 Å². The normalized spacial score (nSPS) is 10.1. The fourth-order valence-corrected chi connectivity index (χ4v) is 1.80. The molecule has 0 aliphatic rings. The van der Waals surface area contributed by atoms with E-state index in [1.54, 1.807) is 6.92 Å². The third-order valence-electron chi connectivity index (χ3n) is 1.79. The SMILES string of the molecule is CCN(C)c1nc(C(=O)O)c(C)s1. The van der Waals surface area contributed by atoms with Crippen molar-refractivity contribution in [3.8, 4) is 0 Å². The molecule has 72 valence electrons. The Hall–Kier alpha value is -1.10. The van der Waals surface area contributed by atoms with Gasteiger partial charge >= 0.3 is 5.97 Å². The topological polar surface area (TPSA) is 53.4 Å². The standard InChI is InChI=1S/C8H12N2O2S/c1-4-10(3)8-9-6(7(11)12)5(2)13-8/h4H2,1-3H3,(H,11,12). The average molecular weight is 200 g/mol. The fourth-order valence-electron chi connectivity index (χ4n) is 0.879. The minimum absolute atomic E-state index is 0.167. The summed E-state index contributed by atoms with van der Waals surface area (Å²) in [5, 5.41) is 9.52. The molecule has 0 atom stereocenters. The first-order chi connectivity index (χ1) is 6.06. The van der Waals surface area contributed by atoms with Crippen molar-refractivity contribution in [1.29, 1.82) is 0 Å². The van der Waals surface area contributed by atoms with Gasteiger partial charge in [-0.05, 0) is 13.8 Å². The second-order valence-electron chi connectivity index (χ2n) is 2.72. The van der Waals surface area contributed by atoms with E-state index in [0.717, 1.165) is 16.6 Å². The molecular formula is C8H12N2O2S. The molecule has 0 radical (unpaired) electrons. The molecule has 0 spiro atoms. The molecule has 1 rings (SSSR count). The number of aromatic carboxylic acids is 1. The number of carboxylic acids is 1. The molecule has 0 saturated carbocycles. The smallest absolute Gasteiger partial charge is 0.355 e. The Morgan fingerprint density at radius 1 is 1.69 bits per heavy atom. The van der Waals surface area contributed by atoms with Crippen molar-refractivity contribution in [1.82, 2.24) is 4.98 Å². The van der Waals surface area contributed by atoms with E-state index in [-0.39, 0.29) is 5.69 Å². The van der Waals surface area contributed by atoms with Crippen LogP contribution in [0.15, 0.2) is 0 Å². The molecule has 0 aromatic carbocycles. The van der Waals surface area contributed by atoms with Crippen molar-refractivity contribution >= 4 is 22.4 Å². The van der Waals surface area contributed by atoms with Gasteiger partial charge in [-0.25, -0.2) is 9.78 Å². The minimum Gasteiger partial charge on any atom is -0.476 e. The number of carbonyl (C=O) groups is 1. The number of aromatic nitrogens is 1. The lowest BCUT2D eigenvalue weighted by molar-refractivity contribution is 0.0690. The third-order valence-corrected chi connectivity index (χ3v) is 2.87. The van der Waals surface area contributed by atoms with Gasteiger partial charge in [-0.1, -0.05) is 0 Å². The van der Waals surface area contributed by atoms with Crippen LogP contribution in [0.25, 0.3) is 0 Å².